The van der Waals surface area contributed by atoms with E-state index < -0.39 is 0 Å². The Morgan fingerprint density at radius 2 is 0.866 bits per heavy atom. The first kappa shape index (κ1) is 37.6. The number of pyridine rings is 1. The molecule has 0 N–H and O–H groups in total. The Morgan fingerprint density at radius 3 is 1.51 bits per heavy atom. The number of rotatable bonds is 6. The van der Waals surface area contributed by atoms with Crippen molar-refractivity contribution < 1.29 is 0 Å². The molecule has 5 heterocycles. The highest BCUT2D eigenvalue weighted by molar-refractivity contribution is 7.26. The van der Waals surface area contributed by atoms with Gasteiger partial charge in [-0.1, -0.05) is 158 Å². The second kappa shape index (κ2) is 14.9. The van der Waals surface area contributed by atoms with Gasteiger partial charge in [0.2, 0.25) is 0 Å². The van der Waals surface area contributed by atoms with Crippen LogP contribution >= 0.6 is 11.3 Å². The Hall–Kier alpha value is -8.71. The number of para-hydroxylation sites is 4. The smallest absolute Gasteiger partial charge is 0.162 e. The molecule has 0 saturated carbocycles. The normalized spacial score (nSPS) is 11.9. The molecule has 0 aliphatic heterocycles. The van der Waals surface area contributed by atoms with E-state index in [4.69, 9.17) is 15.0 Å². The third-order valence-electron chi connectivity index (χ3n) is 13.4. The fraction of sp³-hybridized carbons (Fsp3) is 0. The Morgan fingerprint density at radius 1 is 0.343 bits per heavy atom. The fourth-order valence-electron chi connectivity index (χ4n) is 10.2. The summed E-state index contributed by atoms with van der Waals surface area (Å²) >= 11 is 1.84. The molecule has 5 aromatic heterocycles. The molecule has 6 heteroatoms. The zero-order valence-electron chi connectivity index (χ0n) is 36.0. The zero-order valence-corrected chi connectivity index (χ0v) is 36.8. The summed E-state index contributed by atoms with van der Waals surface area (Å²) in [4.78, 5) is 16.2. The van der Waals surface area contributed by atoms with Crippen molar-refractivity contribution in [1.82, 2.24) is 24.1 Å². The van der Waals surface area contributed by atoms with E-state index in [1.165, 1.54) is 63.7 Å². The summed E-state index contributed by atoms with van der Waals surface area (Å²) in [6.45, 7) is 0. The van der Waals surface area contributed by atoms with Crippen LogP contribution in [0.5, 0.6) is 0 Å². The van der Waals surface area contributed by atoms with Crippen LogP contribution in [0.2, 0.25) is 0 Å². The summed E-state index contributed by atoms with van der Waals surface area (Å²) in [5, 5.41) is 8.43. The van der Waals surface area contributed by atoms with E-state index in [-0.39, 0.29) is 0 Å². The van der Waals surface area contributed by atoms with Crippen LogP contribution in [0.4, 0.5) is 0 Å². The molecule has 9 aromatic carbocycles. The minimum absolute atomic E-state index is 0.657. The molecule has 0 saturated heterocycles. The molecule has 14 aromatic rings. The number of hydrogen-bond donors (Lipinski definition) is 0. The summed E-state index contributed by atoms with van der Waals surface area (Å²) in [5.74, 6) is 1.47. The average molecular weight is 872 g/mol. The van der Waals surface area contributed by atoms with Crippen molar-refractivity contribution in [1.29, 1.82) is 0 Å². The van der Waals surface area contributed by atoms with Gasteiger partial charge in [0, 0.05) is 75.5 Å². The molecule has 0 atom stereocenters. The van der Waals surface area contributed by atoms with Gasteiger partial charge in [0.15, 0.2) is 5.82 Å². The lowest BCUT2D eigenvalue weighted by molar-refractivity contribution is 1.05. The standard InChI is InChI=1S/C61H37N5S/c1-2-14-38(15-3-1)42-32-35-48-51(36-42)62-59(58-49-20-8-13-25-56(49)67-60(48)58)40-28-26-39(27-29-40)50-37-57(66-54-23-11-6-18-46(54)47-19-7-12-24-55(47)66)64-61(63-50)41-30-33-43(34-31-41)65-52-21-9-4-16-44(52)45-17-5-10-22-53(45)65/h1-37H. The van der Waals surface area contributed by atoms with Gasteiger partial charge in [-0.05, 0) is 71.8 Å². The molecule has 0 unspecified atom stereocenters. The molecule has 14 rings (SSSR count). The molecular weight excluding hydrogens is 835 g/mol. The second-order valence-electron chi connectivity index (χ2n) is 17.2. The first-order valence-electron chi connectivity index (χ1n) is 22.6. The number of hydrogen-bond acceptors (Lipinski definition) is 4. The van der Waals surface area contributed by atoms with Gasteiger partial charge in [-0.25, -0.2) is 15.0 Å². The van der Waals surface area contributed by atoms with E-state index in [0.717, 1.165) is 61.7 Å². The molecule has 0 spiro atoms. The summed E-state index contributed by atoms with van der Waals surface area (Å²) in [7, 11) is 0. The maximum atomic E-state index is 5.48. The number of fused-ring (bicyclic) bond motifs is 11. The van der Waals surface area contributed by atoms with Crippen LogP contribution in [0.25, 0.3) is 131 Å². The lowest BCUT2D eigenvalue weighted by atomic mass is 9.99. The van der Waals surface area contributed by atoms with E-state index in [1.807, 2.05) is 11.3 Å². The summed E-state index contributed by atoms with van der Waals surface area (Å²) in [6, 6.07) is 80.0. The van der Waals surface area contributed by atoms with Crippen LogP contribution in [-0.2, 0) is 0 Å². The van der Waals surface area contributed by atoms with Gasteiger partial charge in [0.05, 0.1) is 39.0 Å². The molecule has 0 aliphatic carbocycles. The quantitative estimate of drug-likeness (QED) is 0.167. The zero-order chi connectivity index (χ0) is 44.0. The van der Waals surface area contributed by atoms with Crippen molar-refractivity contribution >= 4 is 86.0 Å². The highest BCUT2D eigenvalue weighted by atomic mass is 32.1. The van der Waals surface area contributed by atoms with E-state index in [1.54, 1.807) is 0 Å². The minimum Gasteiger partial charge on any atom is -0.309 e. The van der Waals surface area contributed by atoms with Gasteiger partial charge in [0.25, 0.3) is 0 Å². The Balaban J connectivity index is 0.932. The van der Waals surface area contributed by atoms with Gasteiger partial charge in [0.1, 0.15) is 5.82 Å². The summed E-state index contributed by atoms with van der Waals surface area (Å²) in [6.07, 6.45) is 0. The Bertz CT molecular complexity index is 4150. The van der Waals surface area contributed by atoms with Crippen LogP contribution in [-0.4, -0.2) is 24.1 Å². The Labute approximate surface area is 389 Å². The molecular formula is C61H37N5S. The number of nitrogens with zero attached hydrogens (tertiary/aromatic N) is 5. The van der Waals surface area contributed by atoms with Crippen LogP contribution in [0.3, 0.4) is 0 Å². The third-order valence-corrected chi connectivity index (χ3v) is 14.6. The maximum absolute atomic E-state index is 5.48. The first-order chi connectivity index (χ1) is 33.2. The van der Waals surface area contributed by atoms with Crippen LogP contribution in [0.15, 0.2) is 224 Å². The first-order valence-corrected chi connectivity index (χ1v) is 23.4. The molecule has 0 fully saturated rings. The Kier molecular flexibility index (Phi) is 8.38. The van der Waals surface area contributed by atoms with Crippen LogP contribution in [0, 0.1) is 0 Å². The average Bonchev–Trinajstić information content (AvgIpc) is 4.07. The van der Waals surface area contributed by atoms with Crippen molar-refractivity contribution in [2.24, 2.45) is 0 Å². The van der Waals surface area contributed by atoms with Gasteiger partial charge in [-0.2, -0.15) is 0 Å². The third kappa shape index (κ3) is 5.97. The highest BCUT2D eigenvalue weighted by Gasteiger charge is 2.20. The predicted octanol–water partition coefficient (Wildman–Crippen LogP) is 16.3. The molecule has 0 radical (unpaired) electrons. The number of aromatic nitrogens is 5. The van der Waals surface area contributed by atoms with Crippen molar-refractivity contribution in [3.05, 3.63) is 224 Å². The molecule has 0 aliphatic rings. The minimum atomic E-state index is 0.657. The van der Waals surface area contributed by atoms with E-state index in [2.05, 4.69) is 234 Å². The topological polar surface area (TPSA) is 48.5 Å². The fourth-order valence-corrected chi connectivity index (χ4v) is 11.5. The van der Waals surface area contributed by atoms with Gasteiger partial charge in [-0.3, -0.25) is 4.57 Å². The predicted molar refractivity (Wildman–Crippen MR) is 281 cm³/mol. The van der Waals surface area contributed by atoms with Crippen molar-refractivity contribution in [2.75, 3.05) is 0 Å². The van der Waals surface area contributed by atoms with Crippen LogP contribution < -0.4 is 0 Å². The monoisotopic (exact) mass is 871 g/mol. The molecule has 312 valence electrons. The van der Waals surface area contributed by atoms with E-state index in [0.29, 0.717) is 5.82 Å². The SMILES string of the molecule is c1ccc(-c2ccc3c(c2)nc(-c2ccc(-c4cc(-n5c6ccccc6c6ccccc65)nc(-c5ccc(-n6c7ccccc7c7ccccc76)cc5)n4)cc2)c2c4ccccc4sc32)cc1. The van der Waals surface area contributed by atoms with Crippen LogP contribution in [0.1, 0.15) is 0 Å². The van der Waals surface area contributed by atoms with E-state index >= 15 is 0 Å². The van der Waals surface area contributed by atoms with E-state index in [9.17, 15) is 0 Å². The van der Waals surface area contributed by atoms with Crippen molar-refractivity contribution in [3.8, 4) is 56.5 Å². The van der Waals surface area contributed by atoms with Crippen molar-refractivity contribution in [2.45, 2.75) is 0 Å². The molecule has 0 amide bonds. The molecule has 67 heavy (non-hydrogen) atoms. The lowest BCUT2D eigenvalue weighted by Crippen LogP contribution is -2.02. The summed E-state index contributed by atoms with van der Waals surface area (Å²) in [5.41, 5.74) is 13.8. The molecule has 0 bridgehead atoms. The largest absolute Gasteiger partial charge is 0.309 e. The maximum Gasteiger partial charge on any atom is 0.162 e. The number of thiophene rings is 1. The van der Waals surface area contributed by atoms with Crippen molar-refractivity contribution in [3.63, 3.8) is 0 Å². The molecule has 5 nitrogen and oxygen atoms in total. The second-order valence-corrected chi connectivity index (χ2v) is 18.2. The summed E-state index contributed by atoms with van der Waals surface area (Å²) < 4.78 is 7.13. The number of benzene rings is 9. The lowest BCUT2D eigenvalue weighted by Gasteiger charge is -2.13. The van der Waals surface area contributed by atoms with Gasteiger partial charge in [-0.15, -0.1) is 11.3 Å². The van der Waals surface area contributed by atoms with Gasteiger partial charge >= 0.3 is 0 Å². The highest BCUT2D eigenvalue weighted by Crippen LogP contribution is 2.44. The van der Waals surface area contributed by atoms with Gasteiger partial charge < -0.3 is 4.57 Å².